The molecule has 1 N–H and O–H groups in total. The average Bonchev–Trinajstić information content (AvgIpc) is 3.31. The average molecular weight is 492 g/mol. The maximum Gasteiger partial charge on any atom is 0.238 e. The van der Waals surface area contributed by atoms with Gasteiger partial charge in [-0.3, -0.25) is 14.6 Å². The number of nitrogens with zero attached hydrogens (tertiary/aromatic N) is 4. The van der Waals surface area contributed by atoms with Crippen LogP contribution < -0.4 is 10.2 Å². The lowest BCUT2D eigenvalue weighted by Crippen LogP contribution is -2.49. The summed E-state index contributed by atoms with van der Waals surface area (Å²) in [6.45, 7) is 4.88. The molecule has 1 saturated heterocycles. The van der Waals surface area contributed by atoms with Gasteiger partial charge in [0, 0.05) is 50.7 Å². The Hall–Kier alpha value is -3.74. The van der Waals surface area contributed by atoms with E-state index in [0.717, 1.165) is 67.1 Å². The highest BCUT2D eigenvalue weighted by molar-refractivity contribution is 6.04. The van der Waals surface area contributed by atoms with Crippen molar-refractivity contribution in [2.75, 3.05) is 56.5 Å². The molecule has 2 aliphatic heterocycles. The molecule has 1 fully saturated rings. The molecule has 0 aliphatic carbocycles. The number of anilines is 2. The van der Waals surface area contributed by atoms with Gasteiger partial charge in [0.05, 0.1) is 23.8 Å². The van der Waals surface area contributed by atoms with Gasteiger partial charge in [-0.2, -0.15) is 0 Å². The second kappa shape index (κ2) is 10.3. The summed E-state index contributed by atoms with van der Waals surface area (Å²) in [5.74, 6) is 1.03. The molecule has 0 radical (unpaired) electrons. The van der Waals surface area contributed by atoms with Crippen molar-refractivity contribution in [2.24, 2.45) is 0 Å². The van der Waals surface area contributed by atoms with Gasteiger partial charge in [-0.25, -0.2) is 4.98 Å². The zero-order valence-corrected chi connectivity index (χ0v) is 21.3. The molecule has 3 aromatic carbocycles. The zero-order chi connectivity index (χ0) is 25.2. The minimum atomic E-state index is 0.0456. The lowest BCUT2D eigenvalue weighted by Gasteiger charge is -2.39. The number of piperazine rings is 1. The highest BCUT2D eigenvalue weighted by Crippen LogP contribution is 2.36. The van der Waals surface area contributed by atoms with Crippen LogP contribution in [0.4, 0.5) is 11.5 Å². The van der Waals surface area contributed by atoms with Crippen LogP contribution in [0.2, 0.25) is 0 Å². The third-order valence-corrected chi connectivity index (χ3v) is 7.66. The van der Waals surface area contributed by atoms with E-state index in [4.69, 9.17) is 4.98 Å². The monoisotopic (exact) mass is 491 g/mol. The Morgan fingerprint density at radius 2 is 1.46 bits per heavy atom. The van der Waals surface area contributed by atoms with Crippen LogP contribution in [0, 0.1) is 0 Å². The summed E-state index contributed by atoms with van der Waals surface area (Å²) >= 11 is 0. The van der Waals surface area contributed by atoms with Crippen molar-refractivity contribution >= 4 is 28.3 Å². The third kappa shape index (κ3) is 4.82. The van der Waals surface area contributed by atoms with Crippen molar-refractivity contribution in [1.82, 2.24) is 14.8 Å². The number of likely N-dealkylation sites (N-methyl/N-ethyl adjacent to an activating group) is 1. The molecular formula is C31H33N5O. The van der Waals surface area contributed by atoms with Crippen LogP contribution in [-0.2, 0) is 11.2 Å². The lowest BCUT2D eigenvalue weighted by atomic mass is 9.96. The molecule has 0 saturated carbocycles. The van der Waals surface area contributed by atoms with Crippen LogP contribution in [0.5, 0.6) is 0 Å². The van der Waals surface area contributed by atoms with E-state index in [0.29, 0.717) is 6.54 Å². The van der Waals surface area contributed by atoms with E-state index in [1.807, 2.05) is 18.2 Å². The van der Waals surface area contributed by atoms with E-state index < -0.39 is 0 Å². The highest BCUT2D eigenvalue weighted by atomic mass is 16.2. The fourth-order valence-electron chi connectivity index (χ4n) is 5.77. The van der Waals surface area contributed by atoms with Crippen LogP contribution in [0.3, 0.4) is 0 Å². The van der Waals surface area contributed by atoms with Gasteiger partial charge in [0.1, 0.15) is 5.82 Å². The molecule has 6 rings (SSSR count). The second-order valence-corrected chi connectivity index (χ2v) is 10.1. The Morgan fingerprint density at radius 1 is 0.838 bits per heavy atom. The standard InChI is InChI=1S/C31H33N5O/c1-34-17-16-26-29(25-14-8-9-15-27(25)32-31(26)34)33-28(37)22-35-18-20-36(21-19-35)30(23-10-4-2-5-11-23)24-12-6-3-7-13-24/h2-15,30H,16-22H2,1H3,(H,32,33,37). The van der Waals surface area contributed by atoms with Gasteiger partial charge >= 0.3 is 0 Å². The Labute approximate surface area is 218 Å². The summed E-state index contributed by atoms with van der Waals surface area (Å²) in [5.41, 5.74) is 5.62. The molecule has 2 aliphatic rings. The van der Waals surface area contributed by atoms with Crippen molar-refractivity contribution in [1.29, 1.82) is 0 Å². The van der Waals surface area contributed by atoms with E-state index >= 15 is 0 Å². The van der Waals surface area contributed by atoms with E-state index in [9.17, 15) is 4.79 Å². The molecule has 37 heavy (non-hydrogen) atoms. The number of hydrogen-bond acceptors (Lipinski definition) is 5. The second-order valence-electron chi connectivity index (χ2n) is 10.1. The summed E-state index contributed by atoms with van der Waals surface area (Å²) in [4.78, 5) is 25.1. The Kier molecular flexibility index (Phi) is 6.60. The fraction of sp³-hybridized carbons (Fsp3) is 0.290. The van der Waals surface area contributed by atoms with Crippen molar-refractivity contribution in [3.63, 3.8) is 0 Å². The van der Waals surface area contributed by atoms with Crippen LogP contribution in [-0.4, -0.2) is 67.0 Å². The van der Waals surface area contributed by atoms with Crippen LogP contribution in [0.1, 0.15) is 22.7 Å². The van der Waals surface area contributed by atoms with Crippen molar-refractivity contribution in [3.05, 3.63) is 102 Å². The predicted molar refractivity (Wildman–Crippen MR) is 150 cm³/mol. The van der Waals surface area contributed by atoms with Gasteiger partial charge in [0.15, 0.2) is 0 Å². The number of carbonyl (C=O) groups is 1. The van der Waals surface area contributed by atoms with Gasteiger partial charge in [0.2, 0.25) is 5.91 Å². The highest BCUT2D eigenvalue weighted by Gasteiger charge is 2.28. The molecule has 3 heterocycles. The Morgan fingerprint density at radius 3 is 2.14 bits per heavy atom. The van der Waals surface area contributed by atoms with E-state index in [-0.39, 0.29) is 11.9 Å². The maximum absolute atomic E-state index is 13.3. The number of carbonyl (C=O) groups excluding carboxylic acids is 1. The van der Waals surface area contributed by atoms with Crippen LogP contribution in [0.25, 0.3) is 10.9 Å². The van der Waals surface area contributed by atoms with Gasteiger partial charge in [-0.15, -0.1) is 0 Å². The molecule has 1 amide bonds. The molecule has 6 heteroatoms. The molecule has 188 valence electrons. The number of rotatable bonds is 6. The Bertz CT molecular complexity index is 1340. The Balaban J connectivity index is 1.15. The summed E-state index contributed by atoms with van der Waals surface area (Å²) in [6.07, 6.45) is 0.901. The van der Waals surface area contributed by atoms with Gasteiger partial charge in [-0.05, 0) is 23.6 Å². The summed E-state index contributed by atoms with van der Waals surface area (Å²) in [6, 6.07) is 29.8. The first-order valence-corrected chi connectivity index (χ1v) is 13.2. The fourth-order valence-corrected chi connectivity index (χ4v) is 5.77. The minimum absolute atomic E-state index is 0.0456. The number of hydrogen-bond donors (Lipinski definition) is 1. The van der Waals surface area contributed by atoms with Crippen LogP contribution >= 0.6 is 0 Å². The molecule has 0 unspecified atom stereocenters. The molecule has 0 atom stereocenters. The smallest absolute Gasteiger partial charge is 0.238 e. The molecule has 4 aromatic rings. The van der Waals surface area contributed by atoms with Crippen LogP contribution in [0.15, 0.2) is 84.9 Å². The number of para-hydroxylation sites is 1. The summed E-state index contributed by atoms with van der Waals surface area (Å²) < 4.78 is 0. The first-order chi connectivity index (χ1) is 18.2. The zero-order valence-electron chi connectivity index (χ0n) is 21.3. The number of amides is 1. The molecule has 0 spiro atoms. The van der Waals surface area contributed by atoms with Crippen molar-refractivity contribution in [2.45, 2.75) is 12.5 Å². The van der Waals surface area contributed by atoms with Gasteiger partial charge < -0.3 is 10.2 Å². The van der Waals surface area contributed by atoms with Gasteiger partial charge in [-0.1, -0.05) is 78.9 Å². The SMILES string of the molecule is CN1CCc2c1nc1ccccc1c2NC(=O)CN1CCN(C(c2ccccc2)c2ccccc2)CC1. The quantitative estimate of drug-likeness (QED) is 0.428. The maximum atomic E-state index is 13.3. The van der Waals surface area contributed by atoms with E-state index in [1.54, 1.807) is 0 Å². The van der Waals surface area contributed by atoms with E-state index in [1.165, 1.54) is 11.1 Å². The normalized spacial score (nSPS) is 16.3. The topological polar surface area (TPSA) is 51.7 Å². The predicted octanol–water partition coefficient (Wildman–Crippen LogP) is 4.57. The molecular weight excluding hydrogens is 458 g/mol. The summed E-state index contributed by atoms with van der Waals surface area (Å²) in [5, 5.41) is 4.29. The largest absolute Gasteiger partial charge is 0.359 e. The van der Waals surface area contributed by atoms with Crippen molar-refractivity contribution in [3.8, 4) is 0 Å². The number of benzene rings is 3. The number of pyridine rings is 1. The minimum Gasteiger partial charge on any atom is -0.359 e. The number of fused-ring (bicyclic) bond motifs is 2. The number of aromatic nitrogens is 1. The lowest BCUT2D eigenvalue weighted by molar-refractivity contribution is -0.117. The third-order valence-electron chi connectivity index (χ3n) is 7.66. The molecule has 1 aromatic heterocycles. The molecule has 0 bridgehead atoms. The summed E-state index contributed by atoms with van der Waals surface area (Å²) in [7, 11) is 2.07. The van der Waals surface area contributed by atoms with E-state index in [2.05, 4.69) is 93.8 Å². The van der Waals surface area contributed by atoms with Gasteiger partial charge in [0.25, 0.3) is 0 Å². The van der Waals surface area contributed by atoms with Crippen molar-refractivity contribution < 1.29 is 4.79 Å². The first kappa shape index (κ1) is 23.6. The first-order valence-electron chi connectivity index (χ1n) is 13.2. The number of nitrogens with one attached hydrogen (secondary N) is 1. The molecule has 6 nitrogen and oxygen atoms in total.